The van der Waals surface area contributed by atoms with Gasteiger partial charge in [-0.1, -0.05) is 116 Å². The summed E-state index contributed by atoms with van der Waals surface area (Å²) in [6.45, 7) is 20.1. The van der Waals surface area contributed by atoms with Gasteiger partial charge in [0.05, 0.1) is 39.5 Å². The van der Waals surface area contributed by atoms with Gasteiger partial charge in [0.15, 0.2) is 0 Å². The van der Waals surface area contributed by atoms with Gasteiger partial charge in [0.1, 0.15) is 11.6 Å². The third-order valence-corrected chi connectivity index (χ3v) is 20.7. The van der Waals surface area contributed by atoms with Crippen molar-refractivity contribution in [3.05, 3.63) is 288 Å². The Morgan fingerprint density at radius 3 is 0.740 bits per heavy atom. The van der Waals surface area contributed by atoms with Crippen LogP contribution in [0.15, 0.2) is 231 Å². The first-order chi connectivity index (χ1) is 50.0. The summed E-state index contributed by atoms with van der Waals surface area (Å²) in [4.78, 5) is 39.4. The maximum absolute atomic E-state index is 10.0. The summed E-state index contributed by atoms with van der Waals surface area (Å²) >= 11 is 0. The Balaban J connectivity index is 0.000000140. The number of hydrogen-bond donors (Lipinski definition) is 0. The second-order valence-corrected chi connectivity index (χ2v) is 28.3. The monoisotopic (exact) mass is 1520 g/mol. The minimum Gasteiger partial charge on any atom is -0.351 e. The molecule has 0 saturated heterocycles. The Hall–Kier alpha value is -12.0. The fourth-order valence-corrected chi connectivity index (χ4v) is 16.2. The van der Waals surface area contributed by atoms with Gasteiger partial charge in [0.2, 0.25) is 0 Å². The number of rotatable bonds is 6. The Bertz CT molecular complexity index is 6020. The Morgan fingerprint density at radius 2 is 0.500 bits per heavy atom. The van der Waals surface area contributed by atoms with Gasteiger partial charge in [-0.3, -0.25) is 19.6 Å². The summed E-state index contributed by atoms with van der Waals surface area (Å²) in [5, 5.41) is 18.8. The van der Waals surface area contributed by atoms with Gasteiger partial charge in [-0.05, 0) is 223 Å². The smallest absolute Gasteiger partial charge is 0.351 e. The molecule has 0 aliphatic rings. The molecule has 0 unspecified atom stereocenters. The number of carbonyl (C=O) groups excluding carboxylic acids is 2. The minimum absolute atomic E-state index is 0. The number of Topliss-reactive ketones (excluding diaryl/α,β-unsaturated/α-hetero) is 2. The molecule has 14 aromatic carbocycles. The molecule has 6 aromatic heterocycles. The van der Waals surface area contributed by atoms with Crippen LogP contribution in [0.25, 0.3) is 175 Å². The molecule has 104 heavy (non-hydrogen) atoms. The van der Waals surface area contributed by atoms with E-state index in [1.54, 1.807) is 24.8 Å². The van der Waals surface area contributed by atoms with Crippen LogP contribution in [0.4, 0.5) is 0 Å². The fraction of sp³-hybridized carbons (Fsp3) is 0.118. The predicted molar refractivity (Wildman–Crippen MR) is 428 cm³/mol. The van der Waals surface area contributed by atoms with Crippen molar-refractivity contribution in [1.29, 1.82) is 0 Å². The largest absolute Gasteiger partial charge is 3.00 e. The average molecular weight is 1520 g/mol. The number of aryl methyl sites for hydroxylation is 8. The molecule has 10 nitrogen and oxygen atoms in total. The van der Waals surface area contributed by atoms with E-state index >= 15 is 0 Å². The standard InChI is InChI=1S/2C44H31N4.C5H8O2.Ir/c2*1-25-5-13-39-35(19-25)36-20-26(2)6-14-40(36)47(39)29-9-11-31-33(23-29)34-24-30(10-12-32(34)44-43(31)45-17-18-46-44)48-41-15-7-27(3)21-37(41)38-22-28(4)8-16-42(38)48;1-4(6)3-5(2)7;/h2*5-11,13-24H,1-4H3;3H2,1-2H3;/q2*-1;;+3. The topological polar surface area (TPSA) is 105 Å². The summed E-state index contributed by atoms with van der Waals surface area (Å²) in [5.41, 5.74) is 27.6. The van der Waals surface area contributed by atoms with Crippen molar-refractivity contribution in [2.75, 3.05) is 0 Å². The number of ketones is 2. The zero-order valence-corrected chi connectivity index (χ0v) is 61.8. The summed E-state index contributed by atoms with van der Waals surface area (Å²) in [6.07, 6.45) is 7.22. The van der Waals surface area contributed by atoms with E-state index in [2.05, 4.69) is 292 Å². The van der Waals surface area contributed by atoms with E-state index in [9.17, 15) is 9.59 Å². The summed E-state index contributed by atoms with van der Waals surface area (Å²) in [6, 6.07) is 83.9. The number of benzene rings is 14. The van der Waals surface area contributed by atoms with Crippen molar-refractivity contribution in [3.8, 4) is 22.7 Å². The normalized spacial score (nSPS) is 11.8. The van der Waals surface area contributed by atoms with E-state index in [1.807, 2.05) is 0 Å². The maximum Gasteiger partial charge on any atom is 3.00 e. The summed E-state index contributed by atoms with van der Waals surface area (Å²) in [7, 11) is 0. The Morgan fingerprint density at radius 1 is 0.269 bits per heavy atom. The van der Waals surface area contributed by atoms with Crippen LogP contribution >= 0.6 is 0 Å². The van der Waals surface area contributed by atoms with E-state index < -0.39 is 0 Å². The molecular weight excluding hydrogens is 1450 g/mol. The molecule has 0 aliphatic heterocycles. The van der Waals surface area contributed by atoms with Gasteiger partial charge >= 0.3 is 20.1 Å². The molecular formula is C93H70IrN8O2+. The van der Waals surface area contributed by atoms with Gasteiger partial charge in [0, 0.05) is 112 Å². The van der Waals surface area contributed by atoms with Crippen LogP contribution in [-0.2, 0) is 29.7 Å². The Labute approximate surface area is 613 Å². The van der Waals surface area contributed by atoms with Crippen LogP contribution in [0.5, 0.6) is 0 Å². The second-order valence-electron chi connectivity index (χ2n) is 28.3. The van der Waals surface area contributed by atoms with Gasteiger partial charge in [-0.2, -0.15) is 0 Å². The molecule has 0 atom stereocenters. The van der Waals surface area contributed by atoms with E-state index in [0.717, 1.165) is 87.9 Å². The molecule has 0 bridgehead atoms. The quantitative estimate of drug-likeness (QED) is 0.0933. The van der Waals surface area contributed by atoms with Crippen molar-refractivity contribution < 1.29 is 29.7 Å². The van der Waals surface area contributed by atoms with Crippen molar-refractivity contribution in [2.45, 2.75) is 75.7 Å². The maximum atomic E-state index is 10.0. The van der Waals surface area contributed by atoms with Crippen molar-refractivity contribution in [1.82, 2.24) is 38.2 Å². The van der Waals surface area contributed by atoms with Gasteiger partial charge in [-0.15, -0.1) is 47.2 Å². The first-order valence-corrected chi connectivity index (χ1v) is 35.1. The molecule has 0 aliphatic carbocycles. The van der Waals surface area contributed by atoms with Crippen LogP contribution in [0, 0.1) is 67.5 Å². The third-order valence-electron chi connectivity index (χ3n) is 20.7. The van der Waals surface area contributed by atoms with Crippen molar-refractivity contribution >= 4 is 164 Å². The number of aromatic nitrogens is 8. The molecule has 0 amide bonds. The molecule has 6 heterocycles. The average Bonchev–Trinajstić information content (AvgIpc) is 1.45. The minimum atomic E-state index is -0.0625. The Kier molecular flexibility index (Phi) is 15.8. The summed E-state index contributed by atoms with van der Waals surface area (Å²) in [5.74, 6) is -0.125. The van der Waals surface area contributed by atoms with Gasteiger partial charge < -0.3 is 28.2 Å². The third kappa shape index (κ3) is 10.7. The van der Waals surface area contributed by atoms with Gasteiger partial charge in [0.25, 0.3) is 0 Å². The molecule has 0 radical (unpaired) electrons. The van der Waals surface area contributed by atoms with Crippen molar-refractivity contribution in [2.24, 2.45) is 0 Å². The molecule has 11 heteroatoms. The van der Waals surface area contributed by atoms with Gasteiger partial charge in [-0.25, -0.2) is 0 Å². The van der Waals surface area contributed by atoms with Crippen LogP contribution in [0.3, 0.4) is 0 Å². The fourth-order valence-electron chi connectivity index (χ4n) is 16.2. The number of hydrogen-bond acceptors (Lipinski definition) is 6. The zero-order chi connectivity index (χ0) is 70.4. The van der Waals surface area contributed by atoms with E-state index in [0.29, 0.717) is 0 Å². The van der Waals surface area contributed by atoms with Crippen LogP contribution in [-0.4, -0.2) is 49.8 Å². The van der Waals surface area contributed by atoms with Crippen LogP contribution in [0.1, 0.15) is 64.8 Å². The van der Waals surface area contributed by atoms with E-state index in [1.165, 1.54) is 146 Å². The molecule has 0 spiro atoms. The van der Waals surface area contributed by atoms with E-state index in [-0.39, 0.29) is 38.1 Å². The second kappa shape index (κ2) is 25.2. The molecule has 502 valence electrons. The molecule has 0 saturated carbocycles. The molecule has 20 aromatic rings. The first kappa shape index (κ1) is 65.3. The van der Waals surface area contributed by atoms with Crippen molar-refractivity contribution in [3.63, 3.8) is 0 Å². The molecule has 20 rings (SSSR count). The molecule has 0 fully saturated rings. The number of carbonyl (C=O) groups is 2. The van der Waals surface area contributed by atoms with Crippen LogP contribution < -0.4 is 0 Å². The summed E-state index contributed by atoms with van der Waals surface area (Å²) < 4.78 is 9.57. The number of nitrogens with zero attached hydrogens (tertiary/aromatic N) is 8. The first-order valence-electron chi connectivity index (χ1n) is 35.1. The molecule has 0 N–H and O–H groups in total. The SMILES string of the molecule is CC(=O)CC(C)=O.Cc1ccc2c(c1)c1cc(C)ccc1n2-c1c[c-]c2c(c1)c1cc(-n3c4ccc(C)cc4c4cc(C)ccc43)ccc1c1nccnc21.Cc1ccc2c(c1)c1cc(C)ccc1n2-c1c[c-]c2c(c1)c1cc(-n3c4ccc(C)cc4c4cc(C)ccc43)ccc1c1nccnc21.[Ir+3]. The zero-order valence-electron chi connectivity index (χ0n) is 59.4. The van der Waals surface area contributed by atoms with E-state index in [4.69, 9.17) is 19.9 Å². The predicted octanol–water partition coefficient (Wildman–Crippen LogP) is 22.9. The van der Waals surface area contributed by atoms with Crippen LogP contribution in [0.2, 0.25) is 0 Å². The number of fused-ring (bicyclic) bond motifs is 24.